The first-order chi connectivity index (χ1) is 16.4. The van der Waals surface area contributed by atoms with Crippen molar-refractivity contribution in [1.29, 1.82) is 0 Å². The van der Waals surface area contributed by atoms with Gasteiger partial charge in [0.15, 0.2) is 0 Å². The Hall–Kier alpha value is -3.55. The van der Waals surface area contributed by atoms with Crippen LogP contribution >= 0.6 is 0 Å². The van der Waals surface area contributed by atoms with Crippen LogP contribution in [0.25, 0.3) is 22.0 Å². The van der Waals surface area contributed by atoms with Crippen LogP contribution in [-0.2, 0) is 23.0 Å². The Morgan fingerprint density at radius 1 is 0.941 bits per heavy atom. The van der Waals surface area contributed by atoms with Crippen molar-refractivity contribution < 1.29 is 13.2 Å². The lowest BCUT2D eigenvalue weighted by Gasteiger charge is -2.21. The smallest absolute Gasteiger partial charge is 0.254 e. The zero-order chi connectivity index (χ0) is 23.7. The van der Waals surface area contributed by atoms with Gasteiger partial charge >= 0.3 is 0 Å². The number of nitrogens with one attached hydrogen (secondary N) is 1. The van der Waals surface area contributed by atoms with Crippen molar-refractivity contribution in [2.75, 3.05) is 13.6 Å². The predicted molar refractivity (Wildman–Crippen MR) is 133 cm³/mol. The Bertz CT molecular complexity index is 1480. The van der Waals surface area contributed by atoms with Gasteiger partial charge in [-0.2, -0.15) is 0 Å². The minimum absolute atomic E-state index is 0.0981. The summed E-state index contributed by atoms with van der Waals surface area (Å²) in [6.45, 7) is 1.16. The summed E-state index contributed by atoms with van der Waals surface area (Å²) in [5.41, 5.74) is 5.95. The van der Waals surface area contributed by atoms with Gasteiger partial charge in [-0.1, -0.05) is 30.3 Å². The molecule has 0 saturated carbocycles. The van der Waals surface area contributed by atoms with Crippen LogP contribution in [0.1, 0.15) is 27.9 Å². The van der Waals surface area contributed by atoms with E-state index in [0.29, 0.717) is 18.7 Å². The molecule has 1 aliphatic rings. The number of rotatable bonds is 4. The normalized spacial score (nSPS) is 14.0. The van der Waals surface area contributed by atoms with Gasteiger partial charge in [0.25, 0.3) is 5.91 Å². The largest absolute Gasteiger partial charge is 0.334 e. The monoisotopic (exact) mass is 471 g/mol. The van der Waals surface area contributed by atoms with Crippen LogP contribution in [0.15, 0.2) is 83.9 Å². The number of sulfonamides is 1. The van der Waals surface area contributed by atoms with Crippen molar-refractivity contribution in [2.24, 2.45) is 0 Å². The number of aryl methyl sites for hydroxylation is 1. The maximum Gasteiger partial charge on any atom is 0.254 e. The Labute approximate surface area is 199 Å². The van der Waals surface area contributed by atoms with Crippen molar-refractivity contribution in [2.45, 2.75) is 24.3 Å². The second-order valence-electron chi connectivity index (χ2n) is 8.46. The summed E-state index contributed by atoms with van der Waals surface area (Å²) in [7, 11) is -2.17. The molecule has 0 spiro atoms. The zero-order valence-electron chi connectivity index (χ0n) is 18.9. The highest BCUT2D eigenvalue weighted by atomic mass is 32.2. The first-order valence-corrected chi connectivity index (χ1v) is 12.7. The van der Waals surface area contributed by atoms with Crippen LogP contribution < -0.4 is 4.72 Å². The lowest BCUT2D eigenvalue weighted by Crippen LogP contribution is -2.30. The molecule has 7 heteroatoms. The van der Waals surface area contributed by atoms with Crippen LogP contribution in [0, 0.1) is 0 Å². The molecule has 0 bridgehead atoms. The number of nitrogens with zero attached hydrogens (tertiary/aromatic N) is 2. The van der Waals surface area contributed by atoms with Crippen molar-refractivity contribution in [3.05, 3.63) is 95.7 Å². The van der Waals surface area contributed by atoms with E-state index in [0.717, 1.165) is 40.4 Å². The molecule has 3 aromatic carbocycles. The van der Waals surface area contributed by atoms with Crippen molar-refractivity contribution >= 4 is 26.8 Å². The molecular formula is C27H25N3O3S. The summed E-state index contributed by atoms with van der Waals surface area (Å²) in [5, 5.41) is 1.09. The Kier molecular flexibility index (Phi) is 5.89. The number of carbonyl (C=O) groups excluding carboxylic acids is 1. The number of aromatic nitrogens is 1. The van der Waals surface area contributed by atoms with Gasteiger partial charge in [-0.15, -0.1) is 0 Å². The summed E-state index contributed by atoms with van der Waals surface area (Å²) in [6.07, 6.45) is 3.68. The number of amides is 1. The van der Waals surface area contributed by atoms with Gasteiger partial charge in [0.2, 0.25) is 10.0 Å². The summed E-state index contributed by atoms with van der Waals surface area (Å²) in [4.78, 5) is 19.8. The number of benzene rings is 3. The fourth-order valence-electron chi connectivity index (χ4n) is 4.42. The maximum atomic E-state index is 13.2. The molecule has 2 heterocycles. The topological polar surface area (TPSA) is 79.4 Å². The van der Waals surface area contributed by atoms with E-state index in [1.165, 1.54) is 24.7 Å². The SMILES string of the molecule is CNS(=O)(=O)c1ccc(C(=O)N2CCCc3ccc(-c4cnc5ccccc5c4)cc3C2)cc1. The molecule has 34 heavy (non-hydrogen) atoms. The highest BCUT2D eigenvalue weighted by molar-refractivity contribution is 7.89. The van der Waals surface area contributed by atoms with Gasteiger partial charge in [-0.05, 0) is 79.0 Å². The van der Waals surface area contributed by atoms with E-state index in [1.54, 1.807) is 12.1 Å². The van der Waals surface area contributed by atoms with Crippen LogP contribution in [0.2, 0.25) is 0 Å². The van der Waals surface area contributed by atoms with Gasteiger partial charge in [0.05, 0.1) is 10.4 Å². The third-order valence-electron chi connectivity index (χ3n) is 6.33. The van der Waals surface area contributed by atoms with Gasteiger partial charge < -0.3 is 4.90 Å². The summed E-state index contributed by atoms with van der Waals surface area (Å²) in [5.74, 6) is -0.0981. The number of pyridine rings is 1. The first-order valence-electron chi connectivity index (χ1n) is 11.2. The molecule has 5 rings (SSSR count). The van der Waals surface area contributed by atoms with Gasteiger partial charge in [-0.3, -0.25) is 9.78 Å². The molecule has 0 unspecified atom stereocenters. The highest BCUT2D eigenvalue weighted by Crippen LogP contribution is 2.28. The van der Waals surface area contributed by atoms with E-state index in [1.807, 2.05) is 29.3 Å². The van der Waals surface area contributed by atoms with E-state index < -0.39 is 10.0 Å². The van der Waals surface area contributed by atoms with E-state index in [9.17, 15) is 13.2 Å². The Morgan fingerprint density at radius 2 is 1.74 bits per heavy atom. The lowest BCUT2D eigenvalue weighted by molar-refractivity contribution is 0.0746. The molecule has 1 aromatic heterocycles. The van der Waals surface area contributed by atoms with Crippen LogP contribution in [0.4, 0.5) is 0 Å². The zero-order valence-corrected chi connectivity index (χ0v) is 19.7. The standard InChI is InChI=1S/C27H25N3O3S/c1-28-34(32,33)25-12-10-20(11-13-25)27(31)30-14-4-6-19-8-9-21(15-24(19)18-30)23-16-22-5-2-3-7-26(22)29-17-23/h2-3,5,7-13,15-17,28H,4,6,14,18H2,1H3. The number of para-hydroxylation sites is 1. The average Bonchev–Trinajstić information content (AvgIpc) is 3.10. The molecule has 1 N–H and O–H groups in total. The van der Waals surface area contributed by atoms with Crippen molar-refractivity contribution in [1.82, 2.24) is 14.6 Å². The van der Waals surface area contributed by atoms with Gasteiger partial charge in [0.1, 0.15) is 0 Å². The number of hydrogen-bond acceptors (Lipinski definition) is 4. The number of fused-ring (bicyclic) bond motifs is 2. The molecule has 4 aromatic rings. The Morgan fingerprint density at radius 3 is 2.53 bits per heavy atom. The molecule has 0 saturated heterocycles. The molecule has 0 radical (unpaired) electrons. The highest BCUT2D eigenvalue weighted by Gasteiger charge is 2.21. The fraction of sp³-hybridized carbons (Fsp3) is 0.185. The second kappa shape index (κ2) is 9.00. The van der Waals surface area contributed by atoms with Crippen LogP contribution in [0.3, 0.4) is 0 Å². The third kappa shape index (κ3) is 4.32. The van der Waals surface area contributed by atoms with E-state index >= 15 is 0 Å². The number of hydrogen-bond donors (Lipinski definition) is 1. The molecule has 1 aliphatic heterocycles. The van der Waals surface area contributed by atoms with Crippen molar-refractivity contribution in [3.63, 3.8) is 0 Å². The third-order valence-corrected chi connectivity index (χ3v) is 7.76. The van der Waals surface area contributed by atoms with Crippen molar-refractivity contribution in [3.8, 4) is 11.1 Å². The van der Waals surface area contributed by atoms with Crippen LogP contribution in [0.5, 0.6) is 0 Å². The first kappa shape index (κ1) is 22.3. The molecule has 0 fully saturated rings. The summed E-state index contributed by atoms with van der Waals surface area (Å²) < 4.78 is 26.2. The van der Waals surface area contributed by atoms with Crippen LogP contribution in [-0.4, -0.2) is 37.8 Å². The molecular weight excluding hydrogens is 446 g/mol. The quantitative estimate of drug-likeness (QED) is 0.479. The molecule has 0 atom stereocenters. The summed E-state index contributed by atoms with van der Waals surface area (Å²) >= 11 is 0. The second-order valence-corrected chi connectivity index (χ2v) is 10.3. The molecule has 6 nitrogen and oxygen atoms in total. The summed E-state index contributed by atoms with van der Waals surface area (Å²) in [6, 6.07) is 22.7. The fourth-order valence-corrected chi connectivity index (χ4v) is 5.15. The average molecular weight is 472 g/mol. The van der Waals surface area contributed by atoms with Gasteiger partial charge in [-0.25, -0.2) is 13.1 Å². The minimum Gasteiger partial charge on any atom is -0.334 e. The molecule has 0 aliphatic carbocycles. The maximum absolute atomic E-state index is 13.2. The lowest BCUT2D eigenvalue weighted by atomic mass is 9.97. The molecule has 172 valence electrons. The van der Waals surface area contributed by atoms with E-state index in [4.69, 9.17) is 0 Å². The predicted octanol–water partition coefficient (Wildman–Crippen LogP) is 4.40. The molecule has 1 amide bonds. The van der Waals surface area contributed by atoms with E-state index in [2.05, 4.69) is 40.0 Å². The van der Waals surface area contributed by atoms with Gasteiger partial charge in [0, 0.05) is 35.8 Å². The Balaban J connectivity index is 1.42. The minimum atomic E-state index is -3.54. The number of carbonyl (C=O) groups is 1. The van der Waals surface area contributed by atoms with E-state index in [-0.39, 0.29) is 10.8 Å².